The van der Waals surface area contributed by atoms with Gasteiger partial charge in [-0.1, -0.05) is 76.6 Å². The fraction of sp³-hybridized carbons (Fsp3) is 0.774. The highest BCUT2D eigenvalue weighted by Gasteiger charge is 2.53. The number of allylic oxidation sites excluding steroid dienone is 6. The van der Waals surface area contributed by atoms with Crippen LogP contribution in [0.5, 0.6) is 0 Å². The van der Waals surface area contributed by atoms with E-state index in [4.69, 9.17) is 18.9 Å². The van der Waals surface area contributed by atoms with Crippen molar-refractivity contribution in [3.63, 3.8) is 0 Å². The molecule has 69 heavy (non-hydrogen) atoms. The number of nitrogens with zero attached hydrogens (tertiary/aromatic N) is 2. The molecule has 5 aliphatic rings. The van der Waals surface area contributed by atoms with Gasteiger partial charge in [-0.3, -0.25) is 14.4 Å². The molecule has 3 saturated heterocycles. The zero-order chi connectivity index (χ0) is 50.8. The maximum atomic E-state index is 14.5. The maximum Gasteiger partial charge on any atom is 0.329 e. The number of ether oxygens (including phenoxy) is 4. The number of carbonyl (C=O) groups is 4. The number of Topliss-reactive ketones (excluding diaryl/α,β-unsaturated/α-hetero) is 2. The topological polar surface area (TPSA) is 207 Å². The minimum absolute atomic E-state index is 0.000924. The highest BCUT2D eigenvalue weighted by atomic mass is 32.2. The molecule has 4 heterocycles. The van der Waals surface area contributed by atoms with E-state index in [2.05, 4.69) is 0 Å². The Morgan fingerprint density at radius 1 is 0.812 bits per heavy atom. The number of aliphatic hydroxyl groups excluding tert-OH is 2. The summed E-state index contributed by atoms with van der Waals surface area (Å²) in [5.74, 6) is -6.73. The van der Waals surface area contributed by atoms with Crippen LogP contribution in [-0.4, -0.2) is 144 Å². The zero-order valence-electron chi connectivity index (χ0n) is 42.8. The quantitative estimate of drug-likeness (QED) is 0.150. The minimum Gasteiger partial charge on any atom is -0.461 e. The Morgan fingerprint density at radius 3 is 2.23 bits per heavy atom. The Kier molecular flexibility index (Phi) is 21.0. The van der Waals surface area contributed by atoms with Gasteiger partial charge in [0.05, 0.1) is 24.1 Å². The summed E-state index contributed by atoms with van der Waals surface area (Å²) in [6.07, 6.45) is 13.9. The van der Waals surface area contributed by atoms with Crippen molar-refractivity contribution in [2.75, 3.05) is 33.1 Å². The first-order valence-electron chi connectivity index (χ1n) is 25.7. The lowest BCUT2D eigenvalue weighted by Crippen LogP contribution is -2.61. The summed E-state index contributed by atoms with van der Waals surface area (Å²) < 4.78 is 52.1. The average Bonchev–Trinajstić information content (AvgIpc) is 3.67. The van der Waals surface area contributed by atoms with E-state index in [9.17, 15) is 42.9 Å². The lowest BCUT2D eigenvalue weighted by Gasteiger charge is -2.43. The number of hydrogen-bond acceptors (Lipinski definition) is 13. The number of amides is 1. The summed E-state index contributed by atoms with van der Waals surface area (Å²) in [5.41, 5.74) is 1.32. The van der Waals surface area contributed by atoms with E-state index in [0.29, 0.717) is 82.7 Å². The largest absolute Gasteiger partial charge is 0.461 e. The fourth-order valence-corrected chi connectivity index (χ4v) is 13.2. The first-order valence-corrected chi connectivity index (χ1v) is 27.3. The van der Waals surface area contributed by atoms with Crippen molar-refractivity contribution in [2.24, 2.45) is 35.5 Å². The maximum absolute atomic E-state index is 14.5. The van der Waals surface area contributed by atoms with Crippen molar-refractivity contribution in [1.82, 2.24) is 9.21 Å². The zero-order valence-corrected chi connectivity index (χ0v) is 43.6. The van der Waals surface area contributed by atoms with Gasteiger partial charge in [0.2, 0.25) is 15.8 Å². The van der Waals surface area contributed by atoms with E-state index in [1.54, 1.807) is 21.0 Å². The van der Waals surface area contributed by atoms with E-state index in [1.807, 2.05) is 71.1 Å². The summed E-state index contributed by atoms with van der Waals surface area (Å²) in [6.45, 7) is 13.6. The molecule has 1 amide bonds. The molecule has 0 radical (unpaired) electrons. The Balaban J connectivity index is 1.48. The normalized spacial score (nSPS) is 40.9. The third-order valence-electron chi connectivity index (χ3n) is 15.7. The van der Waals surface area contributed by atoms with Crippen molar-refractivity contribution in [3.05, 3.63) is 47.6 Å². The van der Waals surface area contributed by atoms with E-state index in [0.717, 1.165) is 12.0 Å². The van der Waals surface area contributed by atoms with Gasteiger partial charge in [0.1, 0.15) is 24.4 Å². The lowest BCUT2D eigenvalue weighted by molar-refractivity contribution is -0.264. The number of methoxy groups -OCH3 is 2. The number of rotatable bonds is 6. The molecular weight excluding hydrogens is 905 g/mol. The molecule has 0 aromatic rings. The summed E-state index contributed by atoms with van der Waals surface area (Å²) >= 11 is 0. The van der Waals surface area contributed by atoms with Crippen LogP contribution >= 0.6 is 0 Å². The summed E-state index contributed by atoms with van der Waals surface area (Å²) in [6, 6.07) is -1.72. The number of aliphatic hydroxyl groups is 3. The molecule has 0 aromatic carbocycles. The number of carbonyl (C=O) groups excluding carboxylic acids is 4. The number of fused-ring (bicyclic) bond motifs is 3. The summed E-state index contributed by atoms with van der Waals surface area (Å²) in [4.78, 5) is 58.3. The van der Waals surface area contributed by atoms with E-state index in [1.165, 1.54) is 16.3 Å². The smallest absolute Gasteiger partial charge is 0.329 e. The number of sulfonamides is 1. The molecule has 15 nitrogen and oxygen atoms in total. The molecule has 15 atom stereocenters. The molecule has 1 saturated carbocycles. The van der Waals surface area contributed by atoms with Crippen molar-refractivity contribution in [3.8, 4) is 0 Å². The second-order valence-electron chi connectivity index (χ2n) is 21.3. The fourth-order valence-electron chi connectivity index (χ4n) is 11.4. The van der Waals surface area contributed by atoms with E-state index < -0.39 is 87.9 Å². The number of piperidine rings is 1. The summed E-state index contributed by atoms with van der Waals surface area (Å²) in [5, 5.41) is 34.2. The van der Waals surface area contributed by atoms with Crippen molar-refractivity contribution in [2.45, 2.75) is 193 Å². The minimum atomic E-state index is -3.60. The molecule has 1 unspecified atom stereocenters. The van der Waals surface area contributed by atoms with Crippen LogP contribution in [0.4, 0.5) is 0 Å². The molecule has 4 aliphatic heterocycles. The van der Waals surface area contributed by atoms with Gasteiger partial charge < -0.3 is 39.2 Å². The third-order valence-corrected chi connectivity index (χ3v) is 17.7. The highest BCUT2D eigenvalue weighted by Crippen LogP contribution is 2.39. The first kappa shape index (κ1) is 56.8. The van der Waals surface area contributed by atoms with Crippen LogP contribution in [0.1, 0.15) is 138 Å². The highest BCUT2D eigenvalue weighted by molar-refractivity contribution is 7.89. The monoisotopic (exact) mass is 989 g/mol. The van der Waals surface area contributed by atoms with Crippen LogP contribution in [0, 0.1) is 35.5 Å². The van der Waals surface area contributed by atoms with Crippen molar-refractivity contribution < 1.29 is 61.9 Å². The molecule has 0 aromatic heterocycles. The van der Waals surface area contributed by atoms with Crippen LogP contribution < -0.4 is 0 Å². The molecular formula is C53H84N2O13S. The average molecular weight is 989 g/mol. The number of esters is 1. The predicted molar refractivity (Wildman–Crippen MR) is 263 cm³/mol. The molecule has 5 rings (SSSR count). The Morgan fingerprint density at radius 2 is 1.55 bits per heavy atom. The van der Waals surface area contributed by atoms with Gasteiger partial charge in [0.15, 0.2) is 5.78 Å². The van der Waals surface area contributed by atoms with Gasteiger partial charge in [0, 0.05) is 45.2 Å². The van der Waals surface area contributed by atoms with Crippen LogP contribution in [0.3, 0.4) is 0 Å². The second-order valence-corrected chi connectivity index (χ2v) is 23.3. The van der Waals surface area contributed by atoms with Gasteiger partial charge >= 0.3 is 5.97 Å². The van der Waals surface area contributed by atoms with Gasteiger partial charge in [0.25, 0.3) is 11.7 Å². The SMILES string of the molecule is CO[C@@H]1C[C@H](C[C@@H](C)[C@@H]2CC[C@H](C)/C=C(\C)[C@@H](O)[C@@H](OC)C(=O)[C@H](C)C[C@H](C)/C=C/C=C/C=C(\C)C(N3CCCS3(=O)=O)C[C@@H]3CC[C@@H](C)[C@@](O)(O3)C(=O)C(=O)N3CCCC[C@H]3C(=O)O2)CC[C@H]1O. The van der Waals surface area contributed by atoms with Crippen molar-refractivity contribution in [1.29, 1.82) is 0 Å². The number of hydrogen-bond donors (Lipinski definition) is 3. The number of cyclic esters (lactones) is 1. The van der Waals surface area contributed by atoms with Crippen LogP contribution in [0.2, 0.25) is 0 Å². The summed E-state index contributed by atoms with van der Waals surface area (Å²) in [7, 11) is -0.577. The Hall–Kier alpha value is -3.09. The van der Waals surface area contributed by atoms with Crippen LogP contribution in [0.15, 0.2) is 47.6 Å². The second kappa shape index (κ2) is 25.5. The molecule has 16 heteroatoms. The molecule has 4 fully saturated rings. The molecule has 2 bridgehead atoms. The first-order chi connectivity index (χ1) is 32.6. The third kappa shape index (κ3) is 14.5. The molecule has 390 valence electrons. The van der Waals surface area contributed by atoms with Gasteiger partial charge in [-0.2, -0.15) is 4.31 Å². The Bertz CT molecular complexity index is 2000. The lowest BCUT2D eigenvalue weighted by atomic mass is 9.78. The van der Waals surface area contributed by atoms with Gasteiger partial charge in [-0.15, -0.1) is 0 Å². The Labute approximate surface area is 412 Å². The molecule has 1 aliphatic carbocycles. The van der Waals surface area contributed by atoms with Crippen molar-refractivity contribution >= 4 is 33.5 Å². The predicted octanol–water partition coefficient (Wildman–Crippen LogP) is 6.39. The van der Waals surface area contributed by atoms with Gasteiger partial charge in [-0.05, 0) is 133 Å². The van der Waals surface area contributed by atoms with Crippen LogP contribution in [-0.2, 0) is 48.1 Å². The molecule has 3 N–H and O–H groups in total. The van der Waals surface area contributed by atoms with Crippen LogP contribution in [0.25, 0.3) is 0 Å². The van der Waals surface area contributed by atoms with E-state index in [-0.39, 0.29) is 60.7 Å². The number of ketones is 2. The molecule has 0 spiro atoms. The van der Waals surface area contributed by atoms with E-state index >= 15 is 0 Å². The standard InChI is InChI=1S/C53H84N2O13S/c1-33-16-11-10-12-17-35(3)43(55-26-15-27-69(55,63)64)32-41-22-20-39(7)53(62,68-41)50(59)51(60)54-25-14-13-18-42(54)52(61)67-45(36(4)30-40-21-23-44(56)46(31-40)65-8)24-19-34(2)29-38(6)48(58)49(66-9)47(57)37(5)28-33/h10-12,16-17,29,33-34,36-37,39-46,48-49,56,58,62H,13-15,18-28,30-32H2,1-9H3/b12-10+,16-11+,35-17+,38-29+/t33-,34+,36-,37-,39-,40+,41+,42+,43?,44-,45+,46-,48-,49+,53-/m1/s1. The van der Waals surface area contributed by atoms with Gasteiger partial charge in [-0.25, -0.2) is 13.2 Å².